The Hall–Kier alpha value is -2.11. The van der Waals surface area contributed by atoms with Crippen LogP contribution in [0.1, 0.15) is 53.0 Å². The molecule has 0 aliphatic rings. The number of alkyl carbamates (subject to hydrolysis) is 1. The molecule has 0 aromatic heterocycles. The third-order valence-corrected chi connectivity index (χ3v) is 3.49. The zero-order valence-corrected chi connectivity index (χ0v) is 14.6. The number of nitro benzene ring substituents is 1. The third kappa shape index (κ3) is 5.88. The van der Waals surface area contributed by atoms with Crippen molar-refractivity contribution in [3.8, 4) is 0 Å². The van der Waals surface area contributed by atoms with Gasteiger partial charge in [0.25, 0.3) is 5.69 Å². The van der Waals surface area contributed by atoms with Crippen molar-refractivity contribution < 1.29 is 14.5 Å². The Bertz CT molecular complexity index is 547. The van der Waals surface area contributed by atoms with Gasteiger partial charge < -0.3 is 10.1 Å². The summed E-state index contributed by atoms with van der Waals surface area (Å²) in [5.74, 6) is 0.282. The number of hydrogen-bond acceptors (Lipinski definition) is 4. The van der Waals surface area contributed by atoms with Gasteiger partial charge in [-0.25, -0.2) is 4.79 Å². The third-order valence-electron chi connectivity index (χ3n) is 3.49. The van der Waals surface area contributed by atoms with Gasteiger partial charge >= 0.3 is 6.09 Å². The molecule has 1 amide bonds. The highest BCUT2D eigenvalue weighted by Crippen LogP contribution is 2.29. The highest BCUT2D eigenvalue weighted by Gasteiger charge is 2.26. The van der Waals surface area contributed by atoms with Crippen LogP contribution in [-0.4, -0.2) is 22.7 Å². The minimum absolute atomic E-state index is 0.0309. The first kappa shape index (κ1) is 18.9. The lowest BCUT2D eigenvalue weighted by Gasteiger charge is -2.29. The summed E-state index contributed by atoms with van der Waals surface area (Å²) in [5, 5.41) is 13.6. The van der Waals surface area contributed by atoms with Gasteiger partial charge in [-0.1, -0.05) is 26.0 Å². The Morgan fingerprint density at radius 1 is 1.17 bits per heavy atom. The van der Waals surface area contributed by atoms with Crippen LogP contribution in [0, 0.1) is 16.0 Å². The Morgan fingerprint density at radius 2 is 1.70 bits per heavy atom. The average Bonchev–Trinajstić information content (AvgIpc) is 2.36. The second-order valence-electron chi connectivity index (χ2n) is 7.05. The molecular formula is C17H26N2O4. The smallest absolute Gasteiger partial charge is 0.407 e. The molecule has 0 saturated heterocycles. The van der Waals surface area contributed by atoms with Crippen LogP contribution in [0.2, 0.25) is 0 Å². The van der Waals surface area contributed by atoms with E-state index < -0.39 is 16.6 Å². The monoisotopic (exact) mass is 322 g/mol. The molecule has 128 valence electrons. The molecular weight excluding hydrogens is 296 g/mol. The molecule has 0 aliphatic carbocycles. The SMILES string of the molecule is CC(C)[C@@H](c1ccc([N+](=O)[O-])cc1)[C@H](C)NC(=O)OC(C)(C)C. The fourth-order valence-corrected chi connectivity index (χ4v) is 2.65. The van der Waals surface area contributed by atoms with Gasteiger partial charge in [0.1, 0.15) is 5.60 Å². The van der Waals surface area contributed by atoms with Crippen LogP contribution in [0.25, 0.3) is 0 Å². The Labute approximate surface area is 137 Å². The maximum atomic E-state index is 11.9. The van der Waals surface area contributed by atoms with E-state index in [0.29, 0.717) is 0 Å². The first-order chi connectivity index (χ1) is 10.5. The minimum atomic E-state index is -0.551. The highest BCUT2D eigenvalue weighted by atomic mass is 16.6. The molecule has 23 heavy (non-hydrogen) atoms. The first-order valence-corrected chi connectivity index (χ1v) is 7.75. The molecule has 0 bridgehead atoms. The Morgan fingerprint density at radius 3 is 2.09 bits per heavy atom. The zero-order valence-electron chi connectivity index (χ0n) is 14.6. The van der Waals surface area contributed by atoms with Crippen LogP contribution in [0.4, 0.5) is 10.5 Å². The molecule has 1 aromatic rings. The van der Waals surface area contributed by atoms with Gasteiger partial charge in [0.15, 0.2) is 0 Å². The van der Waals surface area contributed by atoms with Crippen molar-refractivity contribution in [2.45, 2.75) is 59.1 Å². The molecule has 6 nitrogen and oxygen atoms in total. The lowest BCUT2D eigenvalue weighted by atomic mass is 9.83. The standard InChI is InChI=1S/C17H26N2O4/c1-11(2)15(12(3)18-16(20)23-17(4,5)6)13-7-9-14(10-8-13)19(21)22/h7-12,15H,1-6H3,(H,18,20)/t12-,15+/m0/s1. The lowest BCUT2D eigenvalue weighted by molar-refractivity contribution is -0.384. The number of nitro groups is 1. The lowest BCUT2D eigenvalue weighted by Crippen LogP contribution is -2.41. The Kier molecular flexibility index (Phi) is 6.12. The molecule has 0 spiro atoms. The molecule has 0 saturated carbocycles. The molecule has 1 N–H and O–H groups in total. The summed E-state index contributed by atoms with van der Waals surface area (Å²) in [7, 11) is 0. The number of rotatable bonds is 5. The largest absolute Gasteiger partial charge is 0.444 e. The van der Waals surface area contributed by atoms with E-state index in [1.165, 1.54) is 12.1 Å². The van der Waals surface area contributed by atoms with Gasteiger partial charge in [0, 0.05) is 24.1 Å². The van der Waals surface area contributed by atoms with Crippen LogP contribution in [0.3, 0.4) is 0 Å². The maximum Gasteiger partial charge on any atom is 0.407 e. The summed E-state index contributed by atoms with van der Waals surface area (Å²) in [6.07, 6.45) is -0.461. The average molecular weight is 322 g/mol. The molecule has 0 aliphatic heterocycles. The van der Waals surface area contributed by atoms with Crippen LogP contribution in [0.15, 0.2) is 24.3 Å². The summed E-state index contributed by atoms with van der Waals surface area (Å²) in [6, 6.07) is 6.31. The van der Waals surface area contributed by atoms with Gasteiger partial charge in [0.05, 0.1) is 4.92 Å². The molecule has 1 rings (SSSR count). The van der Waals surface area contributed by atoms with Crippen molar-refractivity contribution >= 4 is 11.8 Å². The molecule has 0 fully saturated rings. The number of nitrogens with one attached hydrogen (secondary N) is 1. The molecule has 0 unspecified atom stereocenters. The van der Waals surface area contributed by atoms with E-state index in [2.05, 4.69) is 19.2 Å². The number of benzene rings is 1. The Balaban J connectivity index is 2.89. The maximum absolute atomic E-state index is 11.9. The van der Waals surface area contributed by atoms with Gasteiger partial charge in [-0.3, -0.25) is 10.1 Å². The first-order valence-electron chi connectivity index (χ1n) is 7.75. The molecule has 2 atom stereocenters. The molecule has 0 radical (unpaired) electrons. The molecule has 6 heteroatoms. The molecule has 0 heterocycles. The number of nitrogens with zero attached hydrogens (tertiary/aromatic N) is 1. The van der Waals surface area contributed by atoms with E-state index in [9.17, 15) is 14.9 Å². The van der Waals surface area contributed by atoms with Crippen LogP contribution < -0.4 is 5.32 Å². The van der Waals surface area contributed by atoms with E-state index in [0.717, 1.165) is 5.56 Å². The minimum Gasteiger partial charge on any atom is -0.444 e. The van der Waals surface area contributed by atoms with E-state index in [-0.39, 0.29) is 23.6 Å². The van der Waals surface area contributed by atoms with Crippen molar-refractivity contribution in [2.24, 2.45) is 5.92 Å². The van der Waals surface area contributed by atoms with Gasteiger partial charge in [-0.2, -0.15) is 0 Å². The van der Waals surface area contributed by atoms with Crippen LogP contribution in [0.5, 0.6) is 0 Å². The van der Waals surface area contributed by atoms with Crippen molar-refractivity contribution in [3.63, 3.8) is 0 Å². The van der Waals surface area contributed by atoms with Crippen molar-refractivity contribution in [2.75, 3.05) is 0 Å². The fourth-order valence-electron chi connectivity index (χ4n) is 2.65. The normalized spacial score (nSPS) is 14.2. The summed E-state index contributed by atoms with van der Waals surface area (Å²) in [4.78, 5) is 22.3. The number of carbonyl (C=O) groups is 1. The number of amides is 1. The summed E-state index contributed by atoms with van der Waals surface area (Å²) in [5.41, 5.74) is 0.461. The van der Waals surface area contributed by atoms with E-state index >= 15 is 0 Å². The van der Waals surface area contributed by atoms with Crippen LogP contribution in [-0.2, 0) is 4.74 Å². The quantitative estimate of drug-likeness (QED) is 0.649. The van der Waals surface area contributed by atoms with Gasteiger partial charge in [-0.15, -0.1) is 0 Å². The summed E-state index contributed by atoms with van der Waals surface area (Å²) < 4.78 is 5.29. The van der Waals surface area contributed by atoms with Crippen molar-refractivity contribution in [1.82, 2.24) is 5.32 Å². The number of carbonyl (C=O) groups excluding carboxylic acids is 1. The topological polar surface area (TPSA) is 81.5 Å². The number of non-ortho nitro benzene ring substituents is 1. The number of ether oxygens (including phenoxy) is 1. The summed E-state index contributed by atoms with van der Waals surface area (Å²) >= 11 is 0. The van der Waals surface area contributed by atoms with Gasteiger partial charge in [-0.05, 0) is 39.2 Å². The number of hydrogen-bond donors (Lipinski definition) is 1. The van der Waals surface area contributed by atoms with Gasteiger partial charge in [0.2, 0.25) is 0 Å². The van der Waals surface area contributed by atoms with Crippen molar-refractivity contribution in [3.05, 3.63) is 39.9 Å². The van der Waals surface area contributed by atoms with E-state index in [1.54, 1.807) is 12.1 Å². The van der Waals surface area contributed by atoms with Crippen molar-refractivity contribution in [1.29, 1.82) is 0 Å². The fraction of sp³-hybridized carbons (Fsp3) is 0.588. The predicted molar refractivity (Wildman–Crippen MR) is 89.5 cm³/mol. The van der Waals surface area contributed by atoms with E-state index in [1.807, 2.05) is 27.7 Å². The summed E-state index contributed by atoms with van der Waals surface area (Å²) in [6.45, 7) is 11.5. The zero-order chi connectivity index (χ0) is 17.8. The molecule has 1 aromatic carbocycles. The van der Waals surface area contributed by atoms with Crippen LogP contribution >= 0.6 is 0 Å². The predicted octanol–water partition coefficient (Wildman–Crippen LogP) is 4.25. The highest BCUT2D eigenvalue weighted by molar-refractivity contribution is 5.68. The second-order valence-corrected chi connectivity index (χ2v) is 7.05. The second kappa shape index (κ2) is 7.44. The van der Waals surface area contributed by atoms with E-state index in [4.69, 9.17) is 4.74 Å².